The van der Waals surface area contributed by atoms with E-state index in [-0.39, 0.29) is 0 Å². The SMILES string of the molecule is CSC(=Nc1ccccc1)/N=C1\CCCCN1C. The topological polar surface area (TPSA) is 28.0 Å². The van der Waals surface area contributed by atoms with Crippen molar-refractivity contribution in [1.82, 2.24) is 4.90 Å². The molecule has 0 amide bonds. The summed E-state index contributed by atoms with van der Waals surface area (Å²) in [5, 5.41) is 0.838. The lowest BCUT2D eigenvalue weighted by Crippen LogP contribution is -2.32. The molecule has 2 rings (SSSR count). The van der Waals surface area contributed by atoms with Gasteiger partial charge in [0.15, 0.2) is 5.17 Å². The lowest BCUT2D eigenvalue weighted by Gasteiger charge is -2.25. The van der Waals surface area contributed by atoms with Crippen LogP contribution < -0.4 is 0 Å². The van der Waals surface area contributed by atoms with Crippen LogP contribution in [-0.2, 0) is 0 Å². The van der Waals surface area contributed by atoms with Gasteiger partial charge >= 0.3 is 0 Å². The van der Waals surface area contributed by atoms with Gasteiger partial charge in [-0.15, -0.1) is 0 Å². The van der Waals surface area contributed by atoms with Gasteiger partial charge in [-0.3, -0.25) is 0 Å². The first-order valence-corrected chi connectivity index (χ1v) is 7.48. The molecule has 0 atom stereocenters. The van der Waals surface area contributed by atoms with Gasteiger partial charge in [0, 0.05) is 20.0 Å². The van der Waals surface area contributed by atoms with Crippen LogP contribution in [0.5, 0.6) is 0 Å². The van der Waals surface area contributed by atoms with Crippen molar-refractivity contribution in [3.63, 3.8) is 0 Å². The Balaban J connectivity index is 2.18. The molecule has 0 aromatic heterocycles. The molecule has 1 fully saturated rings. The number of nitrogens with zero attached hydrogens (tertiary/aromatic N) is 3. The van der Waals surface area contributed by atoms with Gasteiger partial charge in [0.25, 0.3) is 0 Å². The van der Waals surface area contributed by atoms with Crippen molar-refractivity contribution in [1.29, 1.82) is 0 Å². The van der Waals surface area contributed by atoms with Gasteiger partial charge in [-0.1, -0.05) is 30.0 Å². The monoisotopic (exact) mass is 261 g/mol. The average Bonchev–Trinajstić information content (AvgIpc) is 2.41. The molecule has 1 saturated heterocycles. The first kappa shape index (κ1) is 13.1. The minimum Gasteiger partial charge on any atom is -0.363 e. The van der Waals surface area contributed by atoms with Crippen LogP contribution in [0.2, 0.25) is 0 Å². The van der Waals surface area contributed by atoms with E-state index in [2.05, 4.69) is 21.9 Å². The second-order valence-corrected chi connectivity index (χ2v) is 5.11. The highest BCUT2D eigenvalue weighted by atomic mass is 32.2. The Morgan fingerprint density at radius 3 is 2.67 bits per heavy atom. The van der Waals surface area contributed by atoms with Crippen molar-refractivity contribution in [3.8, 4) is 0 Å². The molecule has 96 valence electrons. The summed E-state index contributed by atoms with van der Waals surface area (Å²) in [6.07, 6.45) is 5.58. The van der Waals surface area contributed by atoms with Crippen molar-refractivity contribution in [3.05, 3.63) is 30.3 Å². The van der Waals surface area contributed by atoms with E-state index in [1.54, 1.807) is 11.8 Å². The number of rotatable bonds is 1. The normalized spacial score (nSPS) is 19.3. The lowest BCUT2D eigenvalue weighted by molar-refractivity contribution is 0.435. The molecule has 0 N–H and O–H groups in total. The van der Waals surface area contributed by atoms with Gasteiger partial charge < -0.3 is 4.90 Å². The van der Waals surface area contributed by atoms with Gasteiger partial charge in [0.1, 0.15) is 5.84 Å². The first-order chi connectivity index (χ1) is 8.79. The molecule has 1 aromatic carbocycles. The number of aliphatic imine (C=N–C) groups is 2. The Kier molecular flexibility index (Phi) is 4.81. The third-order valence-electron chi connectivity index (χ3n) is 2.97. The third-order valence-corrected chi connectivity index (χ3v) is 3.52. The second kappa shape index (κ2) is 6.59. The molecule has 0 aliphatic carbocycles. The number of piperidine rings is 1. The fourth-order valence-electron chi connectivity index (χ4n) is 1.93. The number of likely N-dealkylation sites (tertiary alicyclic amines) is 1. The highest BCUT2D eigenvalue weighted by Gasteiger charge is 2.12. The van der Waals surface area contributed by atoms with Crippen LogP contribution in [0.3, 0.4) is 0 Å². The van der Waals surface area contributed by atoms with Crippen LogP contribution in [0, 0.1) is 0 Å². The minimum absolute atomic E-state index is 0.838. The number of para-hydroxylation sites is 1. The van der Waals surface area contributed by atoms with Gasteiger partial charge in [0.2, 0.25) is 0 Å². The molecule has 4 heteroatoms. The summed E-state index contributed by atoms with van der Waals surface area (Å²) in [6.45, 7) is 1.10. The molecule has 1 aromatic rings. The zero-order valence-electron chi connectivity index (χ0n) is 11.0. The van der Waals surface area contributed by atoms with E-state index in [4.69, 9.17) is 0 Å². The Morgan fingerprint density at radius 1 is 1.22 bits per heavy atom. The van der Waals surface area contributed by atoms with Crippen LogP contribution in [-0.4, -0.2) is 35.8 Å². The first-order valence-electron chi connectivity index (χ1n) is 6.26. The molecule has 0 spiro atoms. The Morgan fingerprint density at radius 2 is 2.00 bits per heavy atom. The van der Waals surface area contributed by atoms with Gasteiger partial charge in [-0.25, -0.2) is 9.98 Å². The number of benzene rings is 1. The molecule has 0 bridgehead atoms. The van der Waals surface area contributed by atoms with E-state index in [0.29, 0.717) is 0 Å². The average molecular weight is 261 g/mol. The second-order valence-electron chi connectivity index (χ2n) is 4.34. The Labute approximate surface area is 113 Å². The molecule has 1 aliphatic heterocycles. The summed E-state index contributed by atoms with van der Waals surface area (Å²) in [4.78, 5) is 11.5. The third kappa shape index (κ3) is 3.60. The van der Waals surface area contributed by atoms with Crippen LogP contribution in [0.4, 0.5) is 5.69 Å². The van der Waals surface area contributed by atoms with Gasteiger partial charge in [0.05, 0.1) is 5.69 Å². The number of amidine groups is 2. The van der Waals surface area contributed by atoms with E-state index < -0.39 is 0 Å². The van der Waals surface area contributed by atoms with E-state index in [1.165, 1.54) is 12.8 Å². The van der Waals surface area contributed by atoms with Crippen molar-refractivity contribution >= 4 is 28.5 Å². The summed E-state index contributed by atoms with van der Waals surface area (Å²) < 4.78 is 0. The molecular formula is C14H19N3S. The maximum absolute atomic E-state index is 4.69. The maximum atomic E-state index is 4.69. The van der Waals surface area contributed by atoms with Crippen molar-refractivity contribution in [2.45, 2.75) is 19.3 Å². The minimum atomic E-state index is 0.838. The van der Waals surface area contributed by atoms with Crippen LogP contribution in [0.1, 0.15) is 19.3 Å². The lowest BCUT2D eigenvalue weighted by atomic mass is 10.1. The summed E-state index contributed by atoms with van der Waals surface area (Å²) in [6, 6.07) is 9.99. The molecule has 0 radical (unpaired) electrons. The van der Waals surface area contributed by atoms with Crippen LogP contribution in [0.25, 0.3) is 0 Å². The van der Waals surface area contributed by atoms with Crippen molar-refractivity contribution < 1.29 is 0 Å². The molecule has 0 unspecified atom stereocenters. The number of hydrogen-bond acceptors (Lipinski definition) is 2. The summed E-state index contributed by atoms with van der Waals surface area (Å²) in [5.41, 5.74) is 0.963. The number of thioether (sulfide) groups is 1. The zero-order valence-corrected chi connectivity index (χ0v) is 11.8. The fraction of sp³-hybridized carbons (Fsp3) is 0.429. The number of hydrogen-bond donors (Lipinski definition) is 0. The summed E-state index contributed by atoms with van der Waals surface area (Å²) in [5.74, 6) is 1.16. The quantitative estimate of drug-likeness (QED) is 0.571. The predicted octanol–water partition coefficient (Wildman–Crippen LogP) is 3.55. The highest BCUT2D eigenvalue weighted by molar-refractivity contribution is 8.13. The van der Waals surface area contributed by atoms with Gasteiger partial charge in [-0.05, 0) is 31.2 Å². The molecule has 1 heterocycles. The Hall–Kier alpha value is -1.29. The molecule has 3 nitrogen and oxygen atoms in total. The van der Waals surface area contributed by atoms with Crippen molar-refractivity contribution in [2.75, 3.05) is 19.8 Å². The largest absolute Gasteiger partial charge is 0.363 e. The highest BCUT2D eigenvalue weighted by Crippen LogP contribution is 2.16. The zero-order chi connectivity index (χ0) is 12.8. The molecular weight excluding hydrogens is 242 g/mol. The maximum Gasteiger partial charge on any atom is 0.189 e. The standard InChI is InChI=1S/C14H19N3S/c1-17-11-7-6-10-13(17)16-14(18-2)15-12-8-4-3-5-9-12/h3-5,8-9H,6-7,10-11H2,1-2H3/b15-14?,16-13+. The Bertz CT molecular complexity index is 440. The van der Waals surface area contributed by atoms with Crippen LogP contribution >= 0.6 is 11.8 Å². The van der Waals surface area contributed by atoms with E-state index in [9.17, 15) is 0 Å². The van der Waals surface area contributed by atoms with E-state index in [1.807, 2.05) is 36.6 Å². The summed E-state index contributed by atoms with van der Waals surface area (Å²) in [7, 11) is 2.11. The van der Waals surface area contributed by atoms with E-state index in [0.717, 1.165) is 29.7 Å². The molecule has 1 aliphatic rings. The van der Waals surface area contributed by atoms with E-state index >= 15 is 0 Å². The predicted molar refractivity (Wildman–Crippen MR) is 81.0 cm³/mol. The van der Waals surface area contributed by atoms with Gasteiger partial charge in [-0.2, -0.15) is 0 Å². The molecule has 18 heavy (non-hydrogen) atoms. The smallest absolute Gasteiger partial charge is 0.189 e. The van der Waals surface area contributed by atoms with Crippen LogP contribution in [0.15, 0.2) is 40.3 Å². The summed E-state index contributed by atoms with van der Waals surface area (Å²) >= 11 is 1.60. The van der Waals surface area contributed by atoms with Crippen molar-refractivity contribution in [2.24, 2.45) is 9.98 Å². The fourth-order valence-corrected chi connectivity index (χ4v) is 2.33. The molecule has 0 saturated carbocycles.